The number of hydrogen-bond donors (Lipinski definition) is 0. The van der Waals surface area contributed by atoms with Crippen LogP contribution in [-0.4, -0.2) is 65.0 Å². The quantitative estimate of drug-likeness (QED) is 0.501. The van der Waals surface area contributed by atoms with Crippen LogP contribution in [0.15, 0.2) is 35.2 Å². The van der Waals surface area contributed by atoms with E-state index in [9.17, 15) is 18.0 Å². The molecule has 6 nitrogen and oxygen atoms in total. The molecule has 3 rings (SSSR count). The summed E-state index contributed by atoms with van der Waals surface area (Å²) in [6, 6.07) is 9.24. The molecule has 2 amide bonds. The number of carbonyl (C=O) groups is 2. The van der Waals surface area contributed by atoms with Gasteiger partial charge in [0.15, 0.2) is 9.84 Å². The van der Waals surface area contributed by atoms with Crippen LogP contribution in [0.25, 0.3) is 6.08 Å². The molecule has 0 N–H and O–H groups in total. The summed E-state index contributed by atoms with van der Waals surface area (Å²) < 4.78 is 23.8. The van der Waals surface area contributed by atoms with Crippen molar-refractivity contribution in [3.8, 4) is 0 Å². The Hall–Kier alpha value is -1.71. The van der Waals surface area contributed by atoms with Crippen LogP contribution in [0.3, 0.4) is 0 Å². The number of amides is 2. The molecule has 0 radical (unpaired) electrons. The van der Waals surface area contributed by atoms with Gasteiger partial charge in [0.2, 0.25) is 5.91 Å². The Morgan fingerprint density at radius 1 is 1.36 bits per heavy atom. The first-order chi connectivity index (χ1) is 13.3. The van der Waals surface area contributed by atoms with E-state index in [0.29, 0.717) is 22.2 Å². The fourth-order valence-electron chi connectivity index (χ4n) is 3.40. The zero-order valence-electron chi connectivity index (χ0n) is 15.5. The summed E-state index contributed by atoms with van der Waals surface area (Å²) in [7, 11) is -3.06. The van der Waals surface area contributed by atoms with Crippen LogP contribution in [0.4, 0.5) is 0 Å². The Morgan fingerprint density at radius 2 is 2.07 bits per heavy atom. The molecule has 1 aromatic rings. The van der Waals surface area contributed by atoms with Crippen molar-refractivity contribution in [2.24, 2.45) is 0 Å². The maximum Gasteiger partial charge on any atom is 0.266 e. The molecule has 2 aliphatic rings. The molecule has 0 unspecified atom stereocenters. The topological polar surface area (TPSA) is 74.8 Å². The summed E-state index contributed by atoms with van der Waals surface area (Å²) in [4.78, 5) is 28.9. The van der Waals surface area contributed by atoms with E-state index in [2.05, 4.69) is 0 Å². The standard InChI is InChI=1S/C19H22N2O4S3/c1-2-20(15-9-11-28(24,25)13-15)17(22)8-10-21-18(23)16(27-19(21)26)12-14-6-4-3-5-7-14/h3-7,12,15H,2,8-11,13H2,1H3/b16-12+/t15-/m1/s1. The fourth-order valence-corrected chi connectivity index (χ4v) is 6.44. The Bertz CT molecular complexity index is 912. The lowest BCUT2D eigenvalue weighted by Gasteiger charge is -2.27. The average Bonchev–Trinajstić information content (AvgIpc) is 3.14. The van der Waals surface area contributed by atoms with E-state index in [0.717, 1.165) is 5.56 Å². The normalized spacial score (nSPS) is 22.8. The molecule has 2 aliphatic heterocycles. The molecule has 0 spiro atoms. The van der Waals surface area contributed by atoms with Gasteiger partial charge in [0.05, 0.1) is 16.4 Å². The molecule has 1 aromatic carbocycles. The Balaban J connectivity index is 1.62. The molecule has 2 saturated heterocycles. The lowest BCUT2D eigenvalue weighted by Crippen LogP contribution is -2.42. The van der Waals surface area contributed by atoms with E-state index >= 15 is 0 Å². The predicted molar refractivity (Wildman–Crippen MR) is 115 cm³/mol. The highest BCUT2D eigenvalue weighted by molar-refractivity contribution is 8.26. The van der Waals surface area contributed by atoms with Crippen molar-refractivity contribution in [1.29, 1.82) is 0 Å². The number of hydrogen-bond acceptors (Lipinski definition) is 6. The Kier molecular flexibility index (Phi) is 6.57. The second-order valence-electron chi connectivity index (χ2n) is 6.73. The summed E-state index contributed by atoms with van der Waals surface area (Å²) in [5, 5.41) is 0. The number of nitrogens with zero attached hydrogens (tertiary/aromatic N) is 2. The van der Waals surface area contributed by atoms with Gasteiger partial charge in [0, 0.05) is 25.6 Å². The first-order valence-corrected chi connectivity index (χ1v) is 12.2. The van der Waals surface area contributed by atoms with E-state index in [-0.39, 0.29) is 42.3 Å². The molecule has 0 bridgehead atoms. The molecule has 2 heterocycles. The van der Waals surface area contributed by atoms with Crippen molar-refractivity contribution in [1.82, 2.24) is 9.80 Å². The number of benzene rings is 1. The molecule has 0 aromatic heterocycles. The Morgan fingerprint density at radius 3 is 2.68 bits per heavy atom. The van der Waals surface area contributed by atoms with E-state index < -0.39 is 9.84 Å². The van der Waals surface area contributed by atoms with Gasteiger partial charge < -0.3 is 4.90 Å². The summed E-state index contributed by atoms with van der Waals surface area (Å²) in [6.07, 6.45) is 2.39. The predicted octanol–water partition coefficient (Wildman–Crippen LogP) is 2.31. The van der Waals surface area contributed by atoms with Gasteiger partial charge >= 0.3 is 0 Å². The molecule has 0 aliphatic carbocycles. The zero-order valence-corrected chi connectivity index (χ0v) is 18.0. The van der Waals surface area contributed by atoms with Gasteiger partial charge in [0.1, 0.15) is 4.32 Å². The van der Waals surface area contributed by atoms with E-state index in [1.807, 2.05) is 37.3 Å². The zero-order chi connectivity index (χ0) is 20.3. The summed E-state index contributed by atoms with van der Waals surface area (Å²) in [5.41, 5.74) is 0.915. The lowest BCUT2D eigenvalue weighted by molar-refractivity contribution is -0.133. The van der Waals surface area contributed by atoms with E-state index in [4.69, 9.17) is 12.2 Å². The van der Waals surface area contributed by atoms with Crippen molar-refractivity contribution in [3.05, 3.63) is 40.8 Å². The van der Waals surface area contributed by atoms with Gasteiger partial charge in [0.25, 0.3) is 5.91 Å². The molecule has 0 saturated carbocycles. The molecule has 2 fully saturated rings. The largest absolute Gasteiger partial charge is 0.339 e. The minimum Gasteiger partial charge on any atom is -0.339 e. The van der Waals surface area contributed by atoms with Crippen LogP contribution in [0, 0.1) is 0 Å². The van der Waals surface area contributed by atoms with Gasteiger partial charge in [-0.05, 0) is 25.0 Å². The Labute approximate surface area is 174 Å². The van der Waals surface area contributed by atoms with Crippen molar-refractivity contribution in [3.63, 3.8) is 0 Å². The molecule has 1 atom stereocenters. The summed E-state index contributed by atoms with van der Waals surface area (Å²) in [5.74, 6) is -0.197. The number of carbonyl (C=O) groups excluding carboxylic acids is 2. The smallest absolute Gasteiger partial charge is 0.266 e. The summed E-state index contributed by atoms with van der Waals surface area (Å²) in [6.45, 7) is 2.49. The lowest BCUT2D eigenvalue weighted by atomic mass is 10.2. The maximum absolute atomic E-state index is 12.7. The number of thiocarbonyl (C=S) groups is 1. The third-order valence-electron chi connectivity index (χ3n) is 4.83. The minimum atomic E-state index is -3.06. The third-order valence-corrected chi connectivity index (χ3v) is 7.96. The number of rotatable bonds is 6. The first kappa shape index (κ1) is 21.0. The molecular formula is C19H22N2O4S3. The van der Waals surface area contributed by atoms with Gasteiger partial charge in [-0.15, -0.1) is 0 Å². The maximum atomic E-state index is 12.7. The monoisotopic (exact) mass is 438 g/mol. The molecule has 28 heavy (non-hydrogen) atoms. The van der Waals surface area contributed by atoms with Crippen LogP contribution in [0.2, 0.25) is 0 Å². The van der Waals surface area contributed by atoms with Gasteiger partial charge in [-0.25, -0.2) is 8.42 Å². The summed E-state index contributed by atoms with van der Waals surface area (Å²) >= 11 is 6.55. The highest BCUT2D eigenvalue weighted by Crippen LogP contribution is 2.32. The minimum absolute atomic E-state index is 0.0213. The average molecular weight is 439 g/mol. The van der Waals surface area contributed by atoms with Gasteiger partial charge in [-0.1, -0.05) is 54.3 Å². The fraction of sp³-hybridized carbons (Fsp3) is 0.421. The van der Waals surface area contributed by atoms with Gasteiger partial charge in [-0.2, -0.15) is 0 Å². The molecular weight excluding hydrogens is 416 g/mol. The van der Waals surface area contributed by atoms with E-state index in [1.54, 1.807) is 11.0 Å². The third kappa shape index (κ3) is 4.82. The second-order valence-corrected chi connectivity index (χ2v) is 10.6. The first-order valence-electron chi connectivity index (χ1n) is 9.11. The highest BCUT2D eigenvalue weighted by atomic mass is 32.2. The van der Waals surface area contributed by atoms with Crippen LogP contribution < -0.4 is 0 Å². The van der Waals surface area contributed by atoms with Crippen molar-refractivity contribution >= 4 is 56.0 Å². The second kappa shape index (κ2) is 8.75. The van der Waals surface area contributed by atoms with E-state index in [1.165, 1.54) is 16.7 Å². The SMILES string of the molecule is CCN(C(=O)CCN1C(=O)/C(=C\c2ccccc2)SC1=S)[C@@H]1CCS(=O)(=O)C1. The van der Waals surface area contributed by atoms with Crippen LogP contribution >= 0.6 is 24.0 Å². The number of sulfone groups is 1. The van der Waals surface area contributed by atoms with Crippen LogP contribution in [0.5, 0.6) is 0 Å². The molecule has 9 heteroatoms. The number of thioether (sulfide) groups is 1. The van der Waals surface area contributed by atoms with Crippen LogP contribution in [-0.2, 0) is 19.4 Å². The van der Waals surface area contributed by atoms with Crippen molar-refractivity contribution in [2.45, 2.75) is 25.8 Å². The van der Waals surface area contributed by atoms with Gasteiger partial charge in [-0.3, -0.25) is 14.5 Å². The van der Waals surface area contributed by atoms with Crippen molar-refractivity contribution < 1.29 is 18.0 Å². The van der Waals surface area contributed by atoms with Crippen LogP contribution in [0.1, 0.15) is 25.3 Å². The molecule has 150 valence electrons. The highest BCUT2D eigenvalue weighted by Gasteiger charge is 2.35. The van der Waals surface area contributed by atoms with Crippen molar-refractivity contribution in [2.75, 3.05) is 24.6 Å².